The Morgan fingerprint density at radius 2 is 2.12 bits per heavy atom. The minimum atomic E-state index is -0.0921. The predicted octanol–water partition coefficient (Wildman–Crippen LogP) is 0.466. The van der Waals surface area contributed by atoms with E-state index < -0.39 is 0 Å². The van der Waals surface area contributed by atoms with Crippen molar-refractivity contribution in [3.8, 4) is 0 Å². The van der Waals surface area contributed by atoms with E-state index in [0.717, 1.165) is 11.3 Å². The first-order valence-electron chi connectivity index (χ1n) is 5.27. The summed E-state index contributed by atoms with van der Waals surface area (Å²) in [6.45, 7) is 0.458. The molecule has 86 valence electrons. The van der Waals surface area contributed by atoms with Gasteiger partial charge in [0.25, 0.3) is 0 Å². The van der Waals surface area contributed by atoms with E-state index in [-0.39, 0.29) is 6.61 Å². The van der Waals surface area contributed by atoms with Crippen LogP contribution in [0.2, 0.25) is 0 Å². The molecule has 0 unspecified atom stereocenters. The van der Waals surface area contributed by atoms with Crippen LogP contribution < -0.4 is 0 Å². The number of pyridine rings is 1. The highest BCUT2D eigenvalue weighted by Crippen LogP contribution is 2.06. The fraction of sp³-hybridized carbons (Fsp3) is 0.182. The molecule has 0 spiro atoms. The van der Waals surface area contributed by atoms with Gasteiger partial charge in [0.05, 0.1) is 25.0 Å². The lowest BCUT2D eigenvalue weighted by Gasteiger charge is -1.93. The van der Waals surface area contributed by atoms with Crippen LogP contribution in [-0.2, 0) is 13.2 Å². The highest BCUT2D eigenvalue weighted by atomic mass is 16.3. The minimum Gasteiger partial charge on any atom is -0.390 e. The molecular weight excluding hydrogens is 218 g/mol. The van der Waals surface area contributed by atoms with Crippen molar-refractivity contribution in [2.75, 3.05) is 0 Å². The van der Waals surface area contributed by atoms with Gasteiger partial charge in [-0.15, -0.1) is 5.10 Å². The SMILES string of the molecule is OCc1cn(Cc2cn3ccccc3n2)nn1. The second-order valence-corrected chi connectivity index (χ2v) is 3.76. The second kappa shape index (κ2) is 3.99. The molecule has 0 bridgehead atoms. The molecule has 1 N–H and O–H groups in total. The molecule has 0 aliphatic heterocycles. The Balaban J connectivity index is 1.89. The number of imidazole rings is 1. The Bertz CT molecular complexity index is 609. The molecule has 0 saturated carbocycles. The van der Waals surface area contributed by atoms with E-state index >= 15 is 0 Å². The van der Waals surface area contributed by atoms with E-state index in [1.54, 1.807) is 10.9 Å². The molecule has 3 heterocycles. The number of aliphatic hydroxyl groups excluding tert-OH is 1. The summed E-state index contributed by atoms with van der Waals surface area (Å²) in [4.78, 5) is 4.45. The highest BCUT2D eigenvalue weighted by molar-refractivity contribution is 5.39. The smallest absolute Gasteiger partial charge is 0.137 e. The van der Waals surface area contributed by atoms with E-state index in [9.17, 15) is 0 Å². The number of aliphatic hydroxyl groups is 1. The second-order valence-electron chi connectivity index (χ2n) is 3.76. The molecule has 17 heavy (non-hydrogen) atoms. The van der Waals surface area contributed by atoms with Crippen molar-refractivity contribution in [2.24, 2.45) is 0 Å². The summed E-state index contributed by atoms with van der Waals surface area (Å²) in [7, 11) is 0. The fourth-order valence-corrected chi connectivity index (χ4v) is 1.72. The van der Waals surface area contributed by atoms with E-state index in [4.69, 9.17) is 5.11 Å². The summed E-state index contributed by atoms with van der Waals surface area (Å²) in [5.41, 5.74) is 2.38. The standard InChI is InChI=1S/C11H11N5O/c17-8-10-7-16(14-13-10)6-9-5-15-4-2-1-3-11(15)12-9/h1-5,7,17H,6,8H2. The van der Waals surface area contributed by atoms with Crippen molar-refractivity contribution in [1.82, 2.24) is 24.4 Å². The molecule has 6 heteroatoms. The van der Waals surface area contributed by atoms with Crippen LogP contribution in [0, 0.1) is 0 Å². The molecule has 3 rings (SSSR count). The van der Waals surface area contributed by atoms with Crippen molar-refractivity contribution >= 4 is 5.65 Å². The van der Waals surface area contributed by atoms with Crippen LogP contribution in [0.15, 0.2) is 36.8 Å². The summed E-state index contributed by atoms with van der Waals surface area (Å²) in [6.07, 6.45) is 5.62. The van der Waals surface area contributed by atoms with Gasteiger partial charge in [0.15, 0.2) is 0 Å². The van der Waals surface area contributed by atoms with Crippen LogP contribution in [-0.4, -0.2) is 29.5 Å². The first-order valence-corrected chi connectivity index (χ1v) is 5.27. The van der Waals surface area contributed by atoms with Gasteiger partial charge >= 0.3 is 0 Å². The maximum Gasteiger partial charge on any atom is 0.137 e. The highest BCUT2D eigenvalue weighted by Gasteiger charge is 2.04. The molecule has 0 aromatic carbocycles. The van der Waals surface area contributed by atoms with E-state index in [1.807, 2.05) is 35.0 Å². The molecule has 0 aliphatic rings. The van der Waals surface area contributed by atoms with Gasteiger partial charge in [0, 0.05) is 12.4 Å². The lowest BCUT2D eigenvalue weighted by atomic mass is 10.4. The van der Waals surface area contributed by atoms with Gasteiger partial charge in [0.1, 0.15) is 11.3 Å². The molecule has 3 aromatic heterocycles. The van der Waals surface area contributed by atoms with Gasteiger partial charge < -0.3 is 9.51 Å². The lowest BCUT2D eigenvalue weighted by molar-refractivity contribution is 0.276. The third-order valence-electron chi connectivity index (χ3n) is 2.49. The predicted molar refractivity (Wildman–Crippen MR) is 60.2 cm³/mol. The number of nitrogens with zero attached hydrogens (tertiary/aromatic N) is 5. The zero-order valence-corrected chi connectivity index (χ0v) is 9.06. The zero-order chi connectivity index (χ0) is 11.7. The quantitative estimate of drug-likeness (QED) is 0.708. The van der Waals surface area contributed by atoms with Gasteiger partial charge in [-0.05, 0) is 12.1 Å². The van der Waals surface area contributed by atoms with Crippen molar-refractivity contribution in [3.63, 3.8) is 0 Å². The summed E-state index contributed by atoms with van der Waals surface area (Å²) < 4.78 is 3.62. The van der Waals surface area contributed by atoms with Crippen LogP contribution >= 0.6 is 0 Å². The summed E-state index contributed by atoms with van der Waals surface area (Å²) in [6, 6.07) is 5.85. The number of hydrogen-bond acceptors (Lipinski definition) is 4. The third kappa shape index (κ3) is 1.90. The molecule has 0 aliphatic carbocycles. The third-order valence-corrected chi connectivity index (χ3v) is 2.49. The van der Waals surface area contributed by atoms with E-state index in [2.05, 4.69) is 15.3 Å². The monoisotopic (exact) mass is 229 g/mol. The Labute approximate surface area is 97.1 Å². The maximum absolute atomic E-state index is 8.90. The molecule has 3 aromatic rings. The maximum atomic E-state index is 8.90. The largest absolute Gasteiger partial charge is 0.390 e. The van der Waals surface area contributed by atoms with Gasteiger partial charge in [-0.1, -0.05) is 11.3 Å². The van der Waals surface area contributed by atoms with Gasteiger partial charge in [-0.3, -0.25) is 0 Å². The van der Waals surface area contributed by atoms with Crippen LogP contribution in [0.1, 0.15) is 11.4 Å². The summed E-state index contributed by atoms with van der Waals surface area (Å²) in [5, 5.41) is 16.6. The average molecular weight is 229 g/mol. The van der Waals surface area contributed by atoms with Crippen LogP contribution in [0.5, 0.6) is 0 Å². The molecule has 0 atom stereocenters. The topological polar surface area (TPSA) is 68.2 Å². The lowest BCUT2D eigenvalue weighted by Crippen LogP contribution is -2.00. The molecule has 0 radical (unpaired) electrons. The number of aromatic nitrogens is 5. The Kier molecular flexibility index (Phi) is 2.34. The number of rotatable bonds is 3. The first kappa shape index (κ1) is 9.98. The number of hydrogen-bond donors (Lipinski definition) is 1. The molecule has 6 nitrogen and oxygen atoms in total. The number of fused-ring (bicyclic) bond motifs is 1. The van der Waals surface area contributed by atoms with Crippen molar-refractivity contribution in [2.45, 2.75) is 13.2 Å². The average Bonchev–Trinajstić information content (AvgIpc) is 2.94. The van der Waals surface area contributed by atoms with Crippen molar-refractivity contribution in [1.29, 1.82) is 0 Å². The summed E-state index contributed by atoms with van der Waals surface area (Å²) in [5.74, 6) is 0. The summed E-state index contributed by atoms with van der Waals surface area (Å²) >= 11 is 0. The van der Waals surface area contributed by atoms with E-state index in [1.165, 1.54) is 0 Å². The first-order chi connectivity index (χ1) is 8.35. The molecule has 0 amide bonds. The van der Waals surface area contributed by atoms with Crippen LogP contribution in [0.4, 0.5) is 0 Å². The molecule has 0 saturated heterocycles. The van der Waals surface area contributed by atoms with Gasteiger partial charge in [-0.25, -0.2) is 9.67 Å². The van der Waals surface area contributed by atoms with Gasteiger partial charge in [0.2, 0.25) is 0 Å². The van der Waals surface area contributed by atoms with Gasteiger partial charge in [-0.2, -0.15) is 0 Å². The van der Waals surface area contributed by atoms with Crippen LogP contribution in [0.3, 0.4) is 0 Å². The van der Waals surface area contributed by atoms with Crippen molar-refractivity contribution in [3.05, 3.63) is 48.2 Å². The van der Waals surface area contributed by atoms with Crippen LogP contribution in [0.25, 0.3) is 5.65 Å². The van der Waals surface area contributed by atoms with Crippen molar-refractivity contribution < 1.29 is 5.11 Å². The minimum absolute atomic E-state index is 0.0921. The fourth-order valence-electron chi connectivity index (χ4n) is 1.72. The Morgan fingerprint density at radius 1 is 1.18 bits per heavy atom. The zero-order valence-electron chi connectivity index (χ0n) is 9.06. The molecular formula is C11H11N5O. The normalized spacial score (nSPS) is 11.1. The Hall–Kier alpha value is -2.21. The molecule has 0 fully saturated rings. The Morgan fingerprint density at radius 3 is 2.88 bits per heavy atom. The van der Waals surface area contributed by atoms with E-state index in [0.29, 0.717) is 12.2 Å².